The number of alkyl halides is 3. The molecule has 0 aliphatic carbocycles. The second kappa shape index (κ2) is 8.72. The molecule has 2 N–H and O–H groups in total. The molecule has 28 heavy (non-hydrogen) atoms. The quantitative estimate of drug-likeness (QED) is 0.738. The second-order valence-corrected chi connectivity index (χ2v) is 7.33. The van der Waals surface area contributed by atoms with Crippen molar-refractivity contribution in [1.82, 2.24) is 15.3 Å². The van der Waals surface area contributed by atoms with Crippen molar-refractivity contribution in [2.24, 2.45) is 5.92 Å². The molecule has 1 aliphatic heterocycles. The summed E-state index contributed by atoms with van der Waals surface area (Å²) >= 11 is 5.19. The van der Waals surface area contributed by atoms with Gasteiger partial charge in [0, 0.05) is 25.7 Å². The summed E-state index contributed by atoms with van der Waals surface area (Å²) < 4.78 is 39.9. The predicted molar refractivity (Wildman–Crippen MR) is 107 cm³/mol. The van der Waals surface area contributed by atoms with Crippen LogP contribution in [0.3, 0.4) is 0 Å². The minimum absolute atomic E-state index is 0.159. The van der Waals surface area contributed by atoms with Crippen molar-refractivity contribution < 1.29 is 13.2 Å². The summed E-state index contributed by atoms with van der Waals surface area (Å²) in [4.78, 5) is 9.76. The number of hydrogen-bond donors (Lipinski definition) is 2. The maximum atomic E-state index is 13.3. The number of rotatable bonds is 4. The number of benzene rings is 1. The Labute approximate surface area is 167 Å². The van der Waals surface area contributed by atoms with Crippen molar-refractivity contribution in [3.05, 3.63) is 47.7 Å². The van der Waals surface area contributed by atoms with Crippen LogP contribution in [0.5, 0.6) is 0 Å². The molecule has 1 fully saturated rings. The van der Waals surface area contributed by atoms with Gasteiger partial charge in [-0.2, -0.15) is 18.2 Å². The molecular formula is C19H22F3N5S. The van der Waals surface area contributed by atoms with Crippen LogP contribution in [0, 0.1) is 5.92 Å². The van der Waals surface area contributed by atoms with Gasteiger partial charge in [-0.3, -0.25) is 0 Å². The molecule has 2 heterocycles. The molecule has 0 radical (unpaired) electrons. The summed E-state index contributed by atoms with van der Waals surface area (Å²) in [6.45, 7) is 3.88. The van der Waals surface area contributed by atoms with E-state index >= 15 is 0 Å². The third kappa shape index (κ3) is 5.54. The first-order valence-electron chi connectivity index (χ1n) is 9.11. The number of aromatic nitrogens is 2. The first kappa shape index (κ1) is 20.3. The zero-order valence-electron chi connectivity index (χ0n) is 15.5. The van der Waals surface area contributed by atoms with Crippen molar-refractivity contribution in [2.45, 2.75) is 32.5 Å². The molecule has 0 saturated carbocycles. The lowest BCUT2D eigenvalue weighted by molar-refractivity contribution is -0.141. The predicted octanol–water partition coefficient (Wildman–Crippen LogP) is 4.22. The first-order valence-corrected chi connectivity index (χ1v) is 9.52. The summed E-state index contributed by atoms with van der Waals surface area (Å²) in [7, 11) is 0. The zero-order chi connectivity index (χ0) is 20.1. The van der Waals surface area contributed by atoms with Crippen LogP contribution in [0.1, 0.15) is 31.0 Å². The van der Waals surface area contributed by atoms with Gasteiger partial charge in [0.25, 0.3) is 0 Å². The smallest absolute Gasteiger partial charge is 0.358 e. The Morgan fingerprint density at radius 2 is 2.00 bits per heavy atom. The molecule has 1 unspecified atom stereocenters. The Morgan fingerprint density at radius 1 is 1.25 bits per heavy atom. The highest BCUT2D eigenvalue weighted by atomic mass is 32.1. The Hall–Kier alpha value is -2.42. The van der Waals surface area contributed by atoms with E-state index in [2.05, 4.69) is 27.5 Å². The number of thiocarbonyl (C=S) groups is 1. The van der Waals surface area contributed by atoms with Crippen LogP contribution in [0.15, 0.2) is 36.4 Å². The summed E-state index contributed by atoms with van der Waals surface area (Å²) in [5, 5.41) is 5.81. The van der Waals surface area contributed by atoms with E-state index in [0.717, 1.165) is 24.5 Å². The van der Waals surface area contributed by atoms with Crippen LogP contribution >= 0.6 is 12.2 Å². The van der Waals surface area contributed by atoms with E-state index in [1.807, 2.05) is 35.2 Å². The van der Waals surface area contributed by atoms with Crippen molar-refractivity contribution in [3.63, 3.8) is 0 Å². The van der Waals surface area contributed by atoms with E-state index in [1.54, 1.807) is 0 Å². The van der Waals surface area contributed by atoms with Crippen molar-refractivity contribution >= 4 is 29.1 Å². The molecule has 1 aromatic heterocycles. The molecule has 0 bridgehead atoms. The Bertz CT molecular complexity index is 813. The fraction of sp³-hybridized carbons (Fsp3) is 0.421. The van der Waals surface area contributed by atoms with Gasteiger partial charge >= 0.3 is 6.18 Å². The third-order valence-electron chi connectivity index (χ3n) is 4.51. The zero-order valence-corrected chi connectivity index (χ0v) is 16.3. The molecule has 1 aromatic carbocycles. The SMILES string of the molecule is CC1CCCN(c2cc(C(F)(F)F)nc(NC(=S)NCc3ccccc3)n2)C1. The largest absolute Gasteiger partial charge is 0.433 e. The maximum absolute atomic E-state index is 13.3. The standard InChI is InChI=1S/C19H22F3N5S/c1-13-6-5-9-27(12-13)16-10-15(19(20,21)22)24-17(25-16)26-18(28)23-11-14-7-3-2-4-8-14/h2-4,7-8,10,13H,5-6,9,11-12H2,1H3,(H2,23,24,25,26,28). The molecule has 0 spiro atoms. The van der Waals surface area contributed by atoms with Crippen LogP contribution in [0.4, 0.5) is 24.9 Å². The minimum Gasteiger partial charge on any atom is -0.358 e. The van der Waals surface area contributed by atoms with Gasteiger partial charge in [0.1, 0.15) is 5.82 Å². The van der Waals surface area contributed by atoms with Crippen LogP contribution in [-0.4, -0.2) is 28.2 Å². The molecule has 1 atom stereocenters. The average Bonchev–Trinajstić information content (AvgIpc) is 2.66. The van der Waals surface area contributed by atoms with Crippen LogP contribution in [-0.2, 0) is 12.7 Å². The first-order chi connectivity index (χ1) is 13.3. The van der Waals surface area contributed by atoms with Crippen LogP contribution < -0.4 is 15.5 Å². The topological polar surface area (TPSA) is 53.1 Å². The Kier molecular flexibility index (Phi) is 6.33. The molecule has 2 aromatic rings. The lowest BCUT2D eigenvalue weighted by Gasteiger charge is -2.32. The van der Waals surface area contributed by atoms with Gasteiger partial charge in [0.15, 0.2) is 10.8 Å². The molecule has 1 aliphatic rings. The number of anilines is 2. The van der Waals surface area contributed by atoms with Gasteiger partial charge in [0.05, 0.1) is 0 Å². The lowest BCUT2D eigenvalue weighted by Crippen LogP contribution is -2.35. The average molecular weight is 409 g/mol. The van der Waals surface area contributed by atoms with E-state index in [-0.39, 0.29) is 16.9 Å². The third-order valence-corrected chi connectivity index (χ3v) is 4.75. The number of nitrogens with zero attached hydrogens (tertiary/aromatic N) is 3. The van der Waals surface area contributed by atoms with Gasteiger partial charge in [-0.15, -0.1) is 0 Å². The van der Waals surface area contributed by atoms with E-state index < -0.39 is 11.9 Å². The summed E-state index contributed by atoms with van der Waals surface area (Å²) in [6, 6.07) is 10.5. The number of hydrogen-bond acceptors (Lipinski definition) is 4. The highest BCUT2D eigenvalue weighted by Crippen LogP contribution is 2.31. The second-order valence-electron chi connectivity index (χ2n) is 6.92. The summed E-state index contributed by atoms with van der Waals surface area (Å²) in [6.07, 6.45) is -2.58. The molecular weight excluding hydrogens is 387 g/mol. The highest BCUT2D eigenvalue weighted by molar-refractivity contribution is 7.80. The van der Waals surface area contributed by atoms with Gasteiger partial charge in [-0.25, -0.2) is 4.98 Å². The number of halogens is 3. The highest BCUT2D eigenvalue weighted by Gasteiger charge is 2.34. The van der Waals surface area contributed by atoms with Crippen molar-refractivity contribution in [2.75, 3.05) is 23.3 Å². The van der Waals surface area contributed by atoms with Gasteiger partial charge in [-0.1, -0.05) is 37.3 Å². The normalized spacial score (nSPS) is 17.3. The van der Waals surface area contributed by atoms with E-state index in [0.29, 0.717) is 25.6 Å². The minimum atomic E-state index is -4.56. The molecule has 150 valence electrons. The number of nitrogens with one attached hydrogen (secondary N) is 2. The molecule has 9 heteroatoms. The fourth-order valence-electron chi connectivity index (χ4n) is 3.12. The van der Waals surface area contributed by atoms with E-state index in [9.17, 15) is 13.2 Å². The summed E-state index contributed by atoms with van der Waals surface area (Å²) in [5.41, 5.74) is 0.0173. The molecule has 0 amide bonds. The summed E-state index contributed by atoms with van der Waals surface area (Å²) in [5.74, 6) is 0.513. The lowest BCUT2D eigenvalue weighted by atomic mass is 10.0. The maximum Gasteiger partial charge on any atom is 0.433 e. The van der Waals surface area contributed by atoms with Gasteiger partial charge in [-0.05, 0) is 36.5 Å². The number of piperidine rings is 1. The molecule has 3 rings (SSSR count). The molecule has 5 nitrogen and oxygen atoms in total. The van der Waals surface area contributed by atoms with Crippen molar-refractivity contribution in [3.8, 4) is 0 Å². The van der Waals surface area contributed by atoms with Gasteiger partial charge in [0.2, 0.25) is 5.95 Å². The monoisotopic (exact) mass is 409 g/mol. The van der Waals surface area contributed by atoms with E-state index in [1.165, 1.54) is 0 Å². The van der Waals surface area contributed by atoms with Gasteiger partial charge < -0.3 is 15.5 Å². The fourth-order valence-corrected chi connectivity index (χ4v) is 3.28. The van der Waals surface area contributed by atoms with Crippen LogP contribution in [0.25, 0.3) is 0 Å². The molecule has 1 saturated heterocycles. The Balaban J connectivity index is 1.75. The van der Waals surface area contributed by atoms with Crippen LogP contribution in [0.2, 0.25) is 0 Å². The van der Waals surface area contributed by atoms with Crippen molar-refractivity contribution in [1.29, 1.82) is 0 Å². The Morgan fingerprint density at radius 3 is 2.68 bits per heavy atom. The van der Waals surface area contributed by atoms with E-state index in [4.69, 9.17) is 12.2 Å².